The number of aromatic amines is 1. The normalized spacial score (nSPS) is 18.5. The average Bonchev–Trinajstić information content (AvgIpc) is 2.92. The van der Waals surface area contributed by atoms with Crippen molar-refractivity contribution in [3.05, 3.63) is 35.0 Å². The molecule has 2 N–H and O–H groups in total. The number of ketones is 1. The summed E-state index contributed by atoms with van der Waals surface area (Å²) in [5, 5.41) is 4.29. The number of hydrogen-bond donors (Lipinski definition) is 2. The highest BCUT2D eigenvalue weighted by molar-refractivity contribution is 6.00. The highest BCUT2D eigenvalue weighted by Gasteiger charge is 2.22. The van der Waals surface area contributed by atoms with E-state index in [-0.39, 0.29) is 11.7 Å². The van der Waals surface area contributed by atoms with E-state index < -0.39 is 0 Å². The fraction of sp³-hybridized carbons (Fsp3) is 0.412. The molecule has 0 saturated carbocycles. The minimum Gasteiger partial charge on any atom is -0.358 e. The van der Waals surface area contributed by atoms with Gasteiger partial charge < -0.3 is 15.2 Å². The number of piperazine rings is 1. The first kappa shape index (κ1) is 13.5. The number of H-pyrrole nitrogens is 1. The summed E-state index contributed by atoms with van der Waals surface area (Å²) in [6.45, 7) is 3.20. The molecule has 1 aromatic carbocycles. The van der Waals surface area contributed by atoms with E-state index in [0.29, 0.717) is 18.4 Å². The van der Waals surface area contributed by atoms with Crippen LogP contribution in [0.5, 0.6) is 0 Å². The Morgan fingerprint density at radius 1 is 1.14 bits per heavy atom. The van der Waals surface area contributed by atoms with Gasteiger partial charge in [0.25, 0.3) is 5.91 Å². The third kappa shape index (κ3) is 2.22. The quantitative estimate of drug-likeness (QED) is 0.833. The predicted molar refractivity (Wildman–Crippen MR) is 84.1 cm³/mol. The lowest BCUT2D eigenvalue weighted by molar-refractivity contribution is -0.118. The lowest BCUT2D eigenvalue weighted by Gasteiger charge is -2.27. The Labute approximate surface area is 128 Å². The maximum atomic E-state index is 12.6. The number of carbonyl (C=O) groups is 2. The molecule has 2 heterocycles. The van der Waals surface area contributed by atoms with Crippen LogP contribution < -0.4 is 5.32 Å². The molecule has 2 aromatic rings. The van der Waals surface area contributed by atoms with E-state index in [4.69, 9.17) is 0 Å². The summed E-state index contributed by atoms with van der Waals surface area (Å²) in [4.78, 5) is 29.6. The molecule has 4 rings (SSSR count). The van der Waals surface area contributed by atoms with Crippen molar-refractivity contribution in [2.45, 2.75) is 19.3 Å². The first-order chi connectivity index (χ1) is 10.7. The maximum Gasteiger partial charge on any atom is 0.253 e. The number of nitrogens with zero attached hydrogens (tertiary/aromatic N) is 1. The van der Waals surface area contributed by atoms with E-state index in [1.165, 1.54) is 0 Å². The number of fused-ring (bicyclic) bond motifs is 3. The minimum absolute atomic E-state index is 0.0838. The highest BCUT2D eigenvalue weighted by Crippen LogP contribution is 2.29. The molecule has 5 nitrogen and oxygen atoms in total. The Balaban J connectivity index is 1.72. The molecular formula is C17H19N3O2. The van der Waals surface area contributed by atoms with Crippen LogP contribution in [0, 0.1) is 0 Å². The van der Waals surface area contributed by atoms with Crippen molar-refractivity contribution >= 4 is 22.6 Å². The van der Waals surface area contributed by atoms with E-state index in [1.807, 2.05) is 23.1 Å². The summed E-state index contributed by atoms with van der Waals surface area (Å²) >= 11 is 0. The van der Waals surface area contributed by atoms with Crippen LogP contribution in [-0.4, -0.2) is 47.8 Å². The summed E-state index contributed by atoms with van der Waals surface area (Å²) in [7, 11) is 0. The maximum absolute atomic E-state index is 12.6. The van der Waals surface area contributed by atoms with Gasteiger partial charge in [0, 0.05) is 61.2 Å². The van der Waals surface area contributed by atoms with E-state index in [1.54, 1.807) is 0 Å². The van der Waals surface area contributed by atoms with Crippen molar-refractivity contribution < 1.29 is 9.59 Å². The molecule has 1 aliphatic heterocycles. The van der Waals surface area contributed by atoms with Gasteiger partial charge in [0.05, 0.1) is 0 Å². The number of rotatable bonds is 1. The predicted octanol–water partition coefficient (Wildman–Crippen LogP) is 1.27. The molecule has 1 aromatic heterocycles. The first-order valence-corrected chi connectivity index (χ1v) is 7.87. The monoisotopic (exact) mass is 297 g/mol. The third-order valence-electron chi connectivity index (χ3n) is 4.67. The van der Waals surface area contributed by atoms with Crippen molar-refractivity contribution in [2.24, 2.45) is 0 Å². The van der Waals surface area contributed by atoms with Crippen LogP contribution >= 0.6 is 0 Å². The van der Waals surface area contributed by atoms with Gasteiger partial charge in [-0.15, -0.1) is 0 Å². The topological polar surface area (TPSA) is 65.2 Å². The SMILES string of the molecule is O=C1CCc2[nH]c3ccc(C(=O)N4CCNCC4)cc3c2C1. The highest BCUT2D eigenvalue weighted by atomic mass is 16.2. The van der Waals surface area contributed by atoms with Crippen molar-refractivity contribution in [1.29, 1.82) is 0 Å². The van der Waals surface area contributed by atoms with Gasteiger partial charge in [-0.1, -0.05) is 0 Å². The molecule has 114 valence electrons. The molecule has 0 radical (unpaired) electrons. The minimum atomic E-state index is 0.0838. The molecule has 5 heteroatoms. The smallest absolute Gasteiger partial charge is 0.253 e. The Morgan fingerprint density at radius 2 is 1.95 bits per heavy atom. The zero-order valence-corrected chi connectivity index (χ0v) is 12.4. The fourth-order valence-corrected chi connectivity index (χ4v) is 3.45. The second-order valence-corrected chi connectivity index (χ2v) is 6.10. The third-order valence-corrected chi connectivity index (χ3v) is 4.67. The summed E-state index contributed by atoms with van der Waals surface area (Å²) < 4.78 is 0. The molecule has 2 aliphatic rings. The van der Waals surface area contributed by atoms with Gasteiger partial charge in [-0.3, -0.25) is 9.59 Å². The van der Waals surface area contributed by atoms with E-state index >= 15 is 0 Å². The van der Waals surface area contributed by atoms with Crippen molar-refractivity contribution in [1.82, 2.24) is 15.2 Å². The summed E-state index contributed by atoms with van der Waals surface area (Å²) in [6.07, 6.45) is 1.89. The Kier molecular flexibility index (Phi) is 3.22. The number of aromatic nitrogens is 1. The largest absolute Gasteiger partial charge is 0.358 e. The number of carbonyl (C=O) groups excluding carboxylic acids is 2. The second kappa shape index (κ2) is 5.25. The van der Waals surface area contributed by atoms with Crippen molar-refractivity contribution in [2.75, 3.05) is 26.2 Å². The van der Waals surface area contributed by atoms with Crippen LogP contribution in [0.4, 0.5) is 0 Å². The molecule has 1 aliphatic carbocycles. The van der Waals surface area contributed by atoms with Gasteiger partial charge in [0.2, 0.25) is 0 Å². The molecule has 0 bridgehead atoms. The van der Waals surface area contributed by atoms with E-state index in [2.05, 4.69) is 10.3 Å². The summed E-state index contributed by atoms with van der Waals surface area (Å²) in [5.41, 5.74) is 3.98. The average molecular weight is 297 g/mol. The molecule has 1 saturated heterocycles. The number of aryl methyl sites for hydroxylation is 1. The number of Topliss-reactive ketones (excluding diaryl/α,β-unsaturated/α-hetero) is 1. The number of nitrogens with one attached hydrogen (secondary N) is 2. The first-order valence-electron chi connectivity index (χ1n) is 7.87. The molecule has 1 amide bonds. The van der Waals surface area contributed by atoms with Gasteiger partial charge in [-0.2, -0.15) is 0 Å². The molecule has 0 atom stereocenters. The van der Waals surface area contributed by atoms with Crippen LogP contribution in [0.15, 0.2) is 18.2 Å². The Morgan fingerprint density at radius 3 is 2.77 bits per heavy atom. The van der Waals surface area contributed by atoms with E-state index in [9.17, 15) is 9.59 Å². The van der Waals surface area contributed by atoms with Crippen molar-refractivity contribution in [3.8, 4) is 0 Å². The fourth-order valence-electron chi connectivity index (χ4n) is 3.45. The van der Waals surface area contributed by atoms with Crippen LogP contribution in [0.25, 0.3) is 10.9 Å². The van der Waals surface area contributed by atoms with E-state index in [0.717, 1.165) is 54.8 Å². The van der Waals surface area contributed by atoms with Gasteiger partial charge in [0.15, 0.2) is 0 Å². The Hall–Kier alpha value is -2.14. The van der Waals surface area contributed by atoms with Crippen LogP contribution in [-0.2, 0) is 17.6 Å². The number of amides is 1. The molecular weight excluding hydrogens is 278 g/mol. The number of benzene rings is 1. The van der Waals surface area contributed by atoms with Crippen LogP contribution in [0.3, 0.4) is 0 Å². The molecule has 1 fully saturated rings. The van der Waals surface area contributed by atoms with Gasteiger partial charge in [-0.05, 0) is 30.2 Å². The molecule has 0 spiro atoms. The molecule has 0 unspecified atom stereocenters. The van der Waals surface area contributed by atoms with Gasteiger partial charge in [-0.25, -0.2) is 0 Å². The second-order valence-electron chi connectivity index (χ2n) is 6.10. The lowest BCUT2D eigenvalue weighted by atomic mass is 9.94. The van der Waals surface area contributed by atoms with Crippen molar-refractivity contribution in [3.63, 3.8) is 0 Å². The van der Waals surface area contributed by atoms with Gasteiger partial charge >= 0.3 is 0 Å². The molecule has 22 heavy (non-hydrogen) atoms. The summed E-state index contributed by atoms with van der Waals surface area (Å²) in [5.74, 6) is 0.368. The Bertz CT molecular complexity index is 757. The standard InChI is InChI=1S/C17H19N3O2/c21-12-2-4-16-14(10-12)13-9-11(1-3-15(13)19-16)17(22)20-7-5-18-6-8-20/h1,3,9,18-19H,2,4-8,10H2. The number of hydrogen-bond acceptors (Lipinski definition) is 3. The van der Waals surface area contributed by atoms with Crippen LogP contribution in [0.2, 0.25) is 0 Å². The zero-order chi connectivity index (χ0) is 15.1. The lowest BCUT2D eigenvalue weighted by Crippen LogP contribution is -2.46. The zero-order valence-electron chi connectivity index (χ0n) is 12.4. The summed E-state index contributed by atoms with van der Waals surface area (Å²) in [6, 6.07) is 5.80. The van der Waals surface area contributed by atoms with Crippen LogP contribution in [0.1, 0.15) is 28.0 Å². The van der Waals surface area contributed by atoms with Gasteiger partial charge in [0.1, 0.15) is 5.78 Å².